The van der Waals surface area contributed by atoms with Crippen LogP contribution in [0.3, 0.4) is 0 Å². The Labute approximate surface area is 75.4 Å². The van der Waals surface area contributed by atoms with Crippen LogP contribution in [0.1, 0.15) is 6.42 Å². The third-order valence-corrected chi connectivity index (χ3v) is 0.712. The Morgan fingerprint density at radius 2 is 1.64 bits per heavy atom. The summed E-state index contributed by atoms with van der Waals surface area (Å²) >= 11 is 0. The van der Waals surface area contributed by atoms with E-state index in [4.69, 9.17) is 15.9 Å². The summed E-state index contributed by atoms with van der Waals surface area (Å²) in [5.74, 6) is -2.50. The lowest BCUT2D eigenvalue weighted by molar-refractivity contribution is -0.144. The molecule has 0 aromatic heterocycles. The zero-order valence-electron chi connectivity index (χ0n) is 5.39. The van der Waals surface area contributed by atoms with Gasteiger partial charge in [-0.3, -0.25) is 9.59 Å². The van der Waals surface area contributed by atoms with Gasteiger partial charge < -0.3 is 15.9 Å². The van der Waals surface area contributed by atoms with Crippen LogP contribution in [0.5, 0.6) is 0 Å². The number of halogens is 2. The molecule has 11 heavy (non-hydrogen) atoms. The number of carbonyl (C=O) groups is 2. The Kier molecular flexibility index (Phi) is 11.6. The van der Waals surface area contributed by atoms with Crippen molar-refractivity contribution in [3.8, 4) is 0 Å². The van der Waals surface area contributed by atoms with Crippen molar-refractivity contribution in [3.63, 3.8) is 0 Å². The van der Waals surface area contributed by atoms with Crippen LogP contribution in [0.2, 0.25) is 0 Å². The van der Waals surface area contributed by atoms with Gasteiger partial charge in [0.15, 0.2) is 0 Å². The smallest absolute Gasteiger partial charge is 0.321 e. The lowest BCUT2D eigenvalue weighted by Crippen LogP contribution is -2.32. The molecule has 0 aromatic carbocycles. The highest BCUT2D eigenvalue weighted by Crippen LogP contribution is 1.86. The third-order valence-electron chi connectivity index (χ3n) is 0.712. The van der Waals surface area contributed by atoms with E-state index in [0.29, 0.717) is 0 Å². The molecule has 4 N–H and O–H groups in total. The first kappa shape index (κ1) is 16.8. The van der Waals surface area contributed by atoms with E-state index in [2.05, 4.69) is 0 Å². The van der Waals surface area contributed by atoms with E-state index in [1.165, 1.54) is 0 Å². The quantitative estimate of drug-likeness (QED) is 0.589. The second-order valence-electron chi connectivity index (χ2n) is 1.54. The van der Waals surface area contributed by atoms with E-state index in [9.17, 15) is 9.59 Å². The minimum absolute atomic E-state index is 0. The van der Waals surface area contributed by atoms with E-state index >= 15 is 0 Å². The van der Waals surface area contributed by atoms with Crippen LogP contribution in [0.15, 0.2) is 0 Å². The highest BCUT2D eigenvalue weighted by atomic mass is 35.5. The molecule has 68 valence electrons. The molecule has 0 radical (unpaired) electrons. The van der Waals surface area contributed by atoms with E-state index in [1.54, 1.807) is 0 Å². The molecule has 0 amide bonds. The fraction of sp³-hybridized carbons (Fsp3) is 0.500. The molecule has 0 unspecified atom stereocenters. The van der Waals surface area contributed by atoms with Gasteiger partial charge in [0, 0.05) is 0 Å². The largest absolute Gasteiger partial charge is 0.481 e. The minimum atomic E-state index is -1.29. The minimum Gasteiger partial charge on any atom is -0.481 e. The van der Waals surface area contributed by atoms with Gasteiger partial charge in [0.2, 0.25) is 0 Å². The first-order chi connectivity index (χ1) is 4.04. The Morgan fingerprint density at radius 3 is 1.73 bits per heavy atom. The predicted molar refractivity (Wildman–Crippen MR) is 42.4 cm³/mol. The maximum Gasteiger partial charge on any atom is 0.321 e. The highest BCUT2D eigenvalue weighted by molar-refractivity contribution is 5.85. The summed E-state index contributed by atoms with van der Waals surface area (Å²) in [6.07, 6.45) is -0.532. The molecule has 5 nitrogen and oxygen atoms in total. The van der Waals surface area contributed by atoms with E-state index in [-0.39, 0.29) is 24.8 Å². The zero-order chi connectivity index (χ0) is 7.44. The van der Waals surface area contributed by atoms with Crippen molar-refractivity contribution >= 4 is 36.8 Å². The van der Waals surface area contributed by atoms with Gasteiger partial charge in [0.1, 0.15) is 6.04 Å². The first-order valence-electron chi connectivity index (χ1n) is 2.24. The molecule has 0 fully saturated rings. The second-order valence-corrected chi connectivity index (χ2v) is 1.54. The number of hydrogen-bond donors (Lipinski definition) is 3. The van der Waals surface area contributed by atoms with E-state index in [0.717, 1.165) is 0 Å². The molecule has 0 spiro atoms. The van der Waals surface area contributed by atoms with Crippen molar-refractivity contribution < 1.29 is 19.8 Å². The maximum absolute atomic E-state index is 9.85. The van der Waals surface area contributed by atoms with Crippen molar-refractivity contribution in [1.82, 2.24) is 0 Å². The summed E-state index contributed by atoms with van der Waals surface area (Å²) in [5, 5.41) is 16.0. The fourth-order valence-electron chi connectivity index (χ4n) is 0.275. The number of carboxylic acid groups (broad SMARTS) is 2. The van der Waals surface area contributed by atoms with Gasteiger partial charge in [-0.05, 0) is 0 Å². The number of carboxylic acids is 2. The molecule has 0 aliphatic carbocycles. The van der Waals surface area contributed by atoms with Crippen molar-refractivity contribution in [2.45, 2.75) is 12.5 Å². The van der Waals surface area contributed by atoms with Crippen LogP contribution in [0.25, 0.3) is 0 Å². The summed E-state index contributed by atoms with van der Waals surface area (Å²) < 4.78 is 0. The molecule has 0 aliphatic rings. The second kappa shape index (κ2) is 7.59. The Morgan fingerprint density at radius 1 is 1.27 bits per heavy atom. The number of rotatable bonds is 3. The van der Waals surface area contributed by atoms with Crippen LogP contribution in [0, 0.1) is 0 Å². The van der Waals surface area contributed by atoms with Gasteiger partial charge in [-0.1, -0.05) is 0 Å². The van der Waals surface area contributed by atoms with Crippen molar-refractivity contribution in [3.05, 3.63) is 0 Å². The van der Waals surface area contributed by atoms with Gasteiger partial charge in [-0.15, -0.1) is 24.8 Å². The third kappa shape index (κ3) is 9.48. The molecule has 0 saturated heterocycles. The van der Waals surface area contributed by atoms with Crippen molar-refractivity contribution in [1.29, 1.82) is 0 Å². The molecule has 0 bridgehead atoms. The van der Waals surface area contributed by atoms with Crippen LogP contribution in [-0.2, 0) is 9.59 Å². The van der Waals surface area contributed by atoms with E-state index < -0.39 is 24.4 Å². The summed E-state index contributed by atoms with van der Waals surface area (Å²) in [6, 6.07) is -1.29. The Balaban J connectivity index is -0.000000320. The molecular weight excluding hydrogens is 197 g/mol. The summed E-state index contributed by atoms with van der Waals surface area (Å²) in [6.45, 7) is 0. The molecular formula is C4H9Cl2NO4. The SMILES string of the molecule is Cl.Cl.N[C@@H](CC(=O)O)C(=O)O. The number of aliphatic carboxylic acids is 2. The van der Waals surface area contributed by atoms with Crippen molar-refractivity contribution in [2.24, 2.45) is 5.73 Å². The number of hydrogen-bond acceptors (Lipinski definition) is 3. The van der Waals surface area contributed by atoms with Gasteiger partial charge in [0.05, 0.1) is 6.42 Å². The average molecular weight is 206 g/mol. The van der Waals surface area contributed by atoms with Crippen LogP contribution < -0.4 is 5.73 Å². The van der Waals surface area contributed by atoms with Crippen LogP contribution in [0.4, 0.5) is 0 Å². The standard InChI is InChI=1S/C4H7NO4.2ClH/c5-2(4(8)9)1-3(6)7;;/h2H,1,5H2,(H,6,7)(H,8,9);2*1H/t2-;;/m0../s1. The van der Waals surface area contributed by atoms with E-state index in [1.807, 2.05) is 0 Å². The normalized spacial score (nSPS) is 10.3. The predicted octanol–water partition coefficient (Wildman–Crippen LogP) is -0.283. The van der Waals surface area contributed by atoms with Crippen molar-refractivity contribution in [2.75, 3.05) is 0 Å². The zero-order valence-corrected chi connectivity index (χ0v) is 7.02. The summed E-state index contributed by atoms with van der Waals surface area (Å²) in [5.41, 5.74) is 4.84. The topological polar surface area (TPSA) is 101 Å². The first-order valence-corrected chi connectivity index (χ1v) is 2.24. The van der Waals surface area contributed by atoms with Crippen LogP contribution >= 0.6 is 24.8 Å². The molecule has 0 saturated carbocycles. The van der Waals surface area contributed by atoms with Gasteiger partial charge in [-0.2, -0.15) is 0 Å². The highest BCUT2D eigenvalue weighted by Gasteiger charge is 2.14. The monoisotopic (exact) mass is 205 g/mol. The lowest BCUT2D eigenvalue weighted by Gasteiger charge is -1.99. The Hall–Kier alpha value is -0.520. The molecule has 1 atom stereocenters. The van der Waals surface area contributed by atoms with Gasteiger partial charge >= 0.3 is 11.9 Å². The molecule has 0 heterocycles. The summed E-state index contributed by atoms with van der Waals surface area (Å²) in [7, 11) is 0. The molecule has 0 rings (SSSR count). The number of nitrogens with two attached hydrogens (primary N) is 1. The van der Waals surface area contributed by atoms with Crippen LogP contribution in [-0.4, -0.2) is 28.2 Å². The molecule has 0 aromatic rings. The fourth-order valence-corrected chi connectivity index (χ4v) is 0.275. The maximum atomic E-state index is 9.85. The lowest BCUT2D eigenvalue weighted by atomic mass is 10.2. The Bertz CT molecular complexity index is 140. The summed E-state index contributed by atoms with van der Waals surface area (Å²) in [4.78, 5) is 19.6. The molecule has 7 heteroatoms. The molecule has 0 aliphatic heterocycles. The average Bonchev–Trinajstić information content (AvgIpc) is 1.63. The van der Waals surface area contributed by atoms with Gasteiger partial charge in [0.25, 0.3) is 0 Å². The van der Waals surface area contributed by atoms with Gasteiger partial charge in [-0.25, -0.2) is 0 Å².